The second-order valence-electron chi connectivity index (χ2n) is 10.9. The van der Waals surface area contributed by atoms with E-state index in [9.17, 15) is 34.5 Å². The molecule has 2 aliphatic rings. The zero-order valence-electron chi connectivity index (χ0n) is 23.8. The summed E-state index contributed by atoms with van der Waals surface area (Å²) in [5.41, 5.74) is -5.35. The fraction of sp³-hybridized carbons (Fsp3) is 0.714. The van der Waals surface area contributed by atoms with Crippen LogP contribution in [0.25, 0.3) is 0 Å². The van der Waals surface area contributed by atoms with Crippen LogP contribution in [0.3, 0.4) is 0 Å². The number of hydrogen-bond acceptors (Lipinski definition) is 10. The zero-order chi connectivity index (χ0) is 29.4. The Morgan fingerprint density at radius 3 is 2.21 bits per heavy atom. The molecule has 0 aromatic heterocycles. The van der Waals surface area contributed by atoms with E-state index in [4.69, 9.17) is 14.2 Å². The maximum absolute atomic E-state index is 12.7. The van der Waals surface area contributed by atoms with Crippen LogP contribution in [0.4, 0.5) is 0 Å². The van der Waals surface area contributed by atoms with Crippen molar-refractivity contribution in [1.82, 2.24) is 0 Å². The summed E-state index contributed by atoms with van der Waals surface area (Å²) in [6, 6.07) is 0. The van der Waals surface area contributed by atoms with Gasteiger partial charge in [0.25, 0.3) is 0 Å². The van der Waals surface area contributed by atoms with Gasteiger partial charge in [0.1, 0.15) is 29.5 Å². The molecule has 0 saturated heterocycles. The predicted molar refractivity (Wildman–Crippen MR) is 137 cm³/mol. The predicted octanol–water partition coefficient (Wildman–Crippen LogP) is 2.32. The highest BCUT2D eigenvalue weighted by Gasteiger charge is 2.68. The molecule has 2 rings (SSSR count). The molecule has 3 N–H and O–H groups in total. The summed E-state index contributed by atoms with van der Waals surface area (Å²) in [6.07, 6.45) is -2.36. The Balaban J connectivity index is 2.87. The topological polar surface area (TPSA) is 157 Å². The first-order valence-corrected chi connectivity index (χ1v) is 13.0. The molecule has 0 unspecified atom stereocenters. The molecule has 8 atom stereocenters. The lowest BCUT2D eigenvalue weighted by atomic mass is 9.67. The van der Waals surface area contributed by atoms with Gasteiger partial charge in [-0.15, -0.1) is 0 Å². The average molecular weight is 539 g/mol. The van der Waals surface area contributed by atoms with Crippen LogP contribution < -0.4 is 0 Å². The van der Waals surface area contributed by atoms with E-state index < -0.39 is 70.6 Å². The van der Waals surface area contributed by atoms with Crippen LogP contribution in [0.15, 0.2) is 22.8 Å². The van der Waals surface area contributed by atoms with Crippen molar-refractivity contribution in [3.05, 3.63) is 22.8 Å². The van der Waals surface area contributed by atoms with Gasteiger partial charge in [-0.1, -0.05) is 25.5 Å². The van der Waals surface area contributed by atoms with Gasteiger partial charge in [-0.25, -0.2) is 4.79 Å². The van der Waals surface area contributed by atoms with Crippen LogP contribution >= 0.6 is 0 Å². The number of carbonyl (C=O) groups excluding carboxylic acids is 4. The van der Waals surface area contributed by atoms with E-state index in [0.717, 1.165) is 13.8 Å². The zero-order valence-corrected chi connectivity index (χ0v) is 23.8. The van der Waals surface area contributed by atoms with Crippen molar-refractivity contribution >= 4 is 23.7 Å². The maximum atomic E-state index is 12.7. The Kier molecular flexibility index (Phi) is 9.39. The molecular weight excluding hydrogens is 496 g/mol. The van der Waals surface area contributed by atoms with E-state index in [1.165, 1.54) is 20.8 Å². The Morgan fingerprint density at radius 2 is 1.74 bits per heavy atom. The maximum Gasteiger partial charge on any atom is 0.334 e. The van der Waals surface area contributed by atoms with Gasteiger partial charge in [-0.2, -0.15) is 0 Å². The third-order valence-corrected chi connectivity index (χ3v) is 8.29. The van der Waals surface area contributed by atoms with E-state index in [0.29, 0.717) is 23.1 Å². The highest BCUT2D eigenvalue weighted by atomic mass is 16.6. The number of carbonyl (C=O) groups is 4. The lowest BCUT2D eigenvalue weighted by Crippen LogP contribution is -2.67. The molecule has 0 heterocycles. The van der Waals surface area contributed by atoms with Gasteiger partial charge in [0.15, 0.2) is 11.4 Å². The first-order valence-electron chi connectivity index (χ1n) is 13.0. The second-order valence-corrected chi connectivity index (χ2v) is 10.9. The van der Waals surface area contributed by atoms with Crippen molar-refractivity contribution in [3.8, 4) is 0 Å². The first-order chi connectivity index (χ1) is 17.4. The summed E-state index contributed by atoms with van der Waals surface area (Å²) in [5, 5.41) is 35.3. The largest absolute Gasteiger partial charge is 0.459 e. The molecule has 0 aromatic carbocycles. The molecule has 38 heavy (non-hydrogen) atoms. The number of aliphatic hydroxyl groups is 3. The van der Waals surface area contributed by atoms with Crippen LogP contribution in [-0.2, 0) is 33.4 Å². The molecule has 0 aromatic rings. The molecule has 0 aliphatic heterocycles. The van der Waals surface area contributed by atoms with Crippen molar-refractivity contribution in [1.29, 1.82) is 0 Å². The molecule has 0 spiro atoms. The van der Waals surface area contributed by atoms with Gasteiger partial charge in [0.2, 0.25) is 0 Å². The minimum atomic E-state index is -2.41. The Morgan fingerprint density at radius 1 is 1.16 bits per heavy atom. The minimum absolute atomic E-state index is 0.0174. The molecule has 0 amide bonds. The number of fused-ring (bicyclic) bond motifs is 1. The van der Waals surface area contributed by atoms with Gasteiger partial charge in [0, 0.05) is 31.3 Å². The van der Waals surface area contributed by atoms with Gasteiger partial charge in [0.05, 0.1) is 5.92 Å². The van der Waals surface area contributed by atoms with Gasteiger partial charge < -0.3 is 29.5 Å². The van der Waals surface area contributed by atoms with Gasteiger partial charge >= 0.3 is 17.9 Å². The number of esters is 3. The van der Waals surface area contributed by atoms with Crippen molar-refractivity contribution in [3.63, 3.8) is 0 Å². The highest BCUT2D eigenvalue weighted by Crippen LogP contribution is 2.56. The summed E-state index contributed by atoms with van der Waals surface area (Å²) in [5.74, 6) is -4.93. The summed E-state index contributed by atoms with van der Waals surface area (Å²) in [7, 11) is 0. The summed E-state index contributed by atoms with van der Waals surface area (Å²) in [4.78, 5) is 50.3. The highest BCUT2D eigenvalue weighted by molar-refractivity contribution is 5.88. The Bertz CT molecular complexity index is 1040. The summed E-state index contributed by atoms with van der Waals surface area (Å²) < 4.78 is 17.1. The number of Topliss-reactive ketones (excluding diaryl/α,β-unsaturated/α-hetero) is 1. The fourth-order valence-corrected chi connectivity index (χ4v) is 5.98. The molecule has 2 aliphatic carbocycles. The molecule has 214 valence electrons. The first kappa shape index (κ1) is 31.7. The lowest BCUT2D eigenvalue weighted by molar-refractivity contribution is -0.228. The fourth-order valence-electron chi connectivity index (χ4n) is 5.98. The van der Waals surface area contributed by atoms with Crippen LogP contribution in [0.1, 0.15) is 81.6 Å². The van der Waals surface area contributed by atoms with Crippen LogP contribution in [0.5, 0.6) is 0 Å². The molecule has 0 radical (unpaired) electrons. The number of aliphatic hydroxyl groups excluding tert-OH is 1. The second kappa shape index (κ2) is 11.3. The monoisotopic (exact) mass is 538 g/mol. The van der Waals surface area contributed by atoms with E-state index in [1.54, 1.807) is 33.8 Å². The van der Waals surface area contributed by atoms with Crippen molar-refractivity contribution in [2.24, 2.45) is 11.8 Å². The van der Waals surface area contributed by atoms with Crippen molar-refractivity contribution in [2.75, 3.05) is 0 Å². The molecule has 1 saturated carbocycles. The van der Waals surface area contributed by atoms with Crippen LogP contribution in [0, 0.1) is 11.8 Å². The minimum Gasteiger partial charge on any atom is -0.459 e. The van der Waals surface area contributed by atoms with Crippen LogP contribution in [-0.4, -0.2) is 74.1 Å². The number of ether oxygens (including phenoxy) is 3. The van der Waals surface area contributed by atoms with E-state index in [2.05, 4.69) is 0 Å². The van der Waals surface area contributed by atoms with E-state index in [-0.39, 0.29) is 12.8 Å². The average Bonchev–Trinajstić information content (AvgIpc) is 3.02. The molecule has 0 bridgehead atoms. The molecule has 10 heteroatoms. The third-order valence-electron chi connectivity index (χ3n) is 8.29. The molecule has 10 nitrogen and oxygen atoms in total. The van der Waals surface area contributed by atoms with Crippen molar-refractivity contribution in [2.45, 2.75) is 117 Å². The smallest absolute Gasteiger partial charge is 0.334 e. The van der Waals surface area contributed by atoms with Crippen LogP contribution in [0.2, 0.25) is 0 Å². The summed E-state index contributed by atoms with van der Waals surface area (Å²) >= 11 is 0. The standard InChI is InChI=1S/C28H42O10/c1-10-12-20(31)36-19-13-26(8,38-18(7)30)22-21(16(5)28(19,35)27(9,34)17(6)29)15(4)24(23(22)32)37-25(33)14(3)11-2/h11,16,19,22-24,32,34-35H,10,12-13H2,1-9H3/b14-11-/t16-,19-,22+,23-,24-,26-,27+,28-/m0/s1. The van der Waals surface area contributed by atoms with Gasteiger partial charge in [-0.05, 0) is 53.5 Å². The number of ketones is 1. The number of allylic oxidation sites excluding steroid dienone is 1. The Labute approximate surface area is 224 Å². The SMILES string of the molecule is C/C=C(/C)C(=O)O[C@H]1C(C)=C2[C@H]([C@@H]1O)[C@@](C)(OC(C)=O)C[C@H](OC(=O)CCC)[C@](O)([C@](C)(O)C(C)=O)[C@H]2C. The molecule has 1 fully saturated rings. The number of rotatable bonds is 8. The van der Waals surface area contributed by atoms with Gasteiger partial charge in [-0.3, -0.25) is 14.4 Å². The Hall–Kier alpha value is -2.56. The lowest BCUT2D eigenvalue weighted by Gasteiger charge is -2.47. The molecular formula is C28H42O10. The number of hydrogen-bond donors (Lipinski definition) is 3. The normalized spacial score (nSPS) is 35.1. The summed E-state index contributed by atoms with van der Waals surface area (Å²) in [6.45, 7) is 13.1. The van der Waals surface area contributed by atoms with E-state index in [1.807, 2.05) is 0 Å². The van der Waals surface area contributed by atoms with Crippen molar-refractivity contribution < 1.29 is 48.7 Å². The quantitative estimate of drug-likeness (QED) is 0.181. The third kappa shape index (κ3) is 5.31. The van der Waals surface area contributed by atoms with E-state index >= 15 is 0 Å².